The number of nitrogens with one attached hydrogen (secondary N) is 1. The van der Waals surface area contributed by atoms with Crippen LogP contribution in [0.1, 0.15) is 18.4 Å². The molecule has 2 aliphatic rings. The van der Waals surface area contributed by atoms with Crippen molar-refractivity contribution in [2.24, 2.45) is 0 Å². The van der Waals surface area contributed by atoms with E-state index in [9.17, 15) is 9.90 Å². The number of aliphatic hydroxyl groups excluding tert-OH is 1. The van der Waals surface area contributed by atoms with Gasteiger partial charge in [-0.15, -0.1) is 0 Å². The zero-order valence-electron chi connectivity index (χ0n) is 14.6. The first-order valence-corrected chi connectivity index (χ1v) is 9.25. The quantitative estimate of drug-likeness (QED) is 0.857. The van der Waals surface area contributed by atoms with E-state index in [2.05, 4.69) is 10.2 Å². The molecule has 0 bridgehead atoms. The lowest BCUT2D eigenvalue weighted by Crippen LogP contribution is -2.52. The number of halogens is 1. The highest BCUT2D eigenvalue weighted by Crippen LogP contribution is 2.21. The Hall–Kier alpha value is -1.34. The van der Waals surface area contributed by atoms with Crippen LogP contribution in [0.15, 0.2) is 18.2 Å². The molecule has 2 atom stereocenters. The normalized spacial score (nSPS) is 22.8. The minimum Gasteiger partial charge on any atom is -0.389 e. The third-order valence-electron chi connectivity index (χ3n) is 4.92. The maximum Gasteiger partial charge on any atom is 0.321 e. The van der Waals surface area contributed by atoms with Crippen molar-refractivity contribution in [2.45, 2.75) is 32.0 Å². The van der Waals surface area contributed by atoms with Crippen LogP contribution >= 0.6 is 11.6 Å². The van der Waals surface area contributed by atoms with Crippen molar-refractivity contribution in [1.82, 2.24) is 9.80 Å². The molecular weight excluding hydrogens is 342 g/mol. The average Bonchev–Trinajstić information content (AvgIpc) is 3.13. The second-order valence-corrected chi connectivity index (χ2v) is 7.21. The van der Waals surface area contributed by atoms with Crippen molar-refractivity contribution in [2.75, 3.05) is 44.6 Å². The van der Waals surface area contributed by atoms with E-state index in [-0.39, 0.29) is 12.1 Å². The number of hydrogen-bond donors (Lipinski definition) is 2. The van der Waals surface area contributed by atoms with Gasteiger partial charge in [-0.05, 0) is 37.5 Å². The highest BCUT2D eigenvalue weighted by molar-refractivity contribution is 6.31. The van der Waals surface area contributed by atoms with E-state index in [1.807, 2.05) is 19.1 Å². The van der Waals surface area contributed by atoms with E-state index in [4.69, 9.17) is 16.3 Å². The fourth-order valence-corrected chi connectivity index (χ4v) is 3.48. The number of carbonyl (C=O) groups excluding carboxylic acids is 1. The summed E-state index contributed by atoms with van der Waals surface area (Å²) < 4.78 is 5.54. The number of benzene rings is 1. The number of carbonyl (C=O) groups is 1. The molecule has 0 radical (unpaired) electrons. The molecule has 1 aromatic carbocycles. The lowest BCUT2D eigenvalue weighted by Gasteiger charge is -2.36. The predicted molar refractivity (Wildman–Crippen MR) is 98.2 cm³/mol. The molecule has 0 unspecified atom stereocenters. The predicted octanol–water partition coefficient (Wildman–Crippen LogP) is 2.34. The number of ether oxygens (including phenoxy) is 1. The van der Waals surface area contributed by atoms with Crippen LogP contribution in [0.5, 0.6) is 0 Å². The van der Waals surface area contributed by atoms with Crippen LogP contribution in [0.4, 0.5) is 10.5 Å². The summed E-state index contributed by atoms with van der Waals surface area (Å²) in [7, 11) is 0. The number of hydrogen-bond acceptors (Lipinski definition) is 4. The zero-order valence-corrected chi connectivity index (χ0v) is 15.3. The van der Waals surface area contributed by atoms with Gasteiger partial charge in [0.1, 0.15) is 0 Å². The molecule has 2 amide bonds. The number of amides is 2. The average molecular weight is 368 g/mol. The number of nitrogens with zero attached hydrogens (tertiary/aromatic N) is 2. The van der Waals surface area contributed by atoms with Crippen molar-refractivity contribution in [3.8, 4) is 0 Å². The van der Waals surface area contributed by atoms with E-state index in [1.54, 1.807) is 11.0 Å². The third-order valence-corrected chi connectivity index (χ3v) is 5.33. The molecule has 3 rings (SSSR count). The molecule has 0 spiro atoms. The minimum atomic E-state index is -0.447. The Kier molecular flexibility index (Phi) is 6.17. The number of piperazine rings is 1. The second kappa shape index (κ2) is 8.36. The van der Waals surface area contributed by atoms with Gasteiger partial charge in [0.25, 0.3) is 0 Å². The summed E-state index contributed by atoms with van der Waals surface area (Å²) in [6, 6.07) is 5.40. The van der Waals surface area contributed by atoms with Gasteiger partial charge in [-0.25, -0.2) is 4.79 Å². The van der Waals surface area contributed by atoms with E-state index in [0.717, 1.165) is 38.1 Å². The first kappa shape index (κ1) is 18.5. The SMILES string of the molecule is Cc1ccc(NC(=O)N2CCN(C[C@H](O)[C@H]3CCCO3)CC2)cc1Cl. The Labute approximate surface area is 153 Å². The maximum atomic E-state index is 12.4. The molecule has 0 aliphatic carbocycles. The molecular formula is C18H26ClN3O3. The number of rotatable bonds is 4. The molecule has 25 heavy (non-hydrogen) atoms. The van der Waals surface area contributed by atoms with Crippen LogP contribution in [-0.4, -0.2) is 72.5 Å². The highest BCUT2D eigenvalue weighted by atomic mass is 35.5. The molecule has 2 heterocycles. The van der Waals surface area contributed by atoms with Crippen LogP contribution in [0, 0.1) is 6.92 Å². The Morgan fingerprint density at radius 3 is 2.80 bits per heavy atom. The van der Waals surface area contributed by atoms with Crippen LogP contribution in [0.3, 0.4) is 0 Å². The molecule has 7 heteroatoms. The Morgan fingerprint density at radius 2 is 2.16 bits per heavy atom. The summed E-state index contributed by atoms with van der Waals surface area (Å²) in [5, 5.41) is 13.8. The summed E-state index contributed by atoms with van der Waals surface area (Å²) in [5.41, 5.74) is 1.69. The number of β-amino-alcohol motifs (C(OH)–C–C–N with tert-alkyl or cyclic N) is 1. The van der Waals surface area contributed by atoms with Crippen molar-refractivity contribution in [3.63, 3.8) is 0 Å². The standard InChI is InChI=1S/C18H26ClN3O3/c1-13-4-5-14(11-15(13)19)20-18(24)22-8-6-21(7-9-22)12-16(23)17-3-2-10-25-17/h4-5,11,16-17,23H,2-3,6-10,12H2,1H3,(H,20,24)/t16-,17+/m0/s1. The van der Waals surface area contributed by atoms with E-state index < -0.39 is 6.10 Å². The van der Waals surface area contributed by atoms with E-state index >= 15 is 0 Å². The first-order valence-electron chi connectivity index (χ1n) is 8.87. The molecule has 6 nitrogen and oxygen atoms in total. The van der Waals surface area contributed by atoms with Gasteiger partial charge in [-0.2, -0.15) is 0 Å². The molecule has 2 aliphatic heterocycles. The van der Waals surface area contributed by atoms with Crippen LogP contribution in [0.25, 0.3) is 0 Å². The Bertz CT molecular complexity index is 599. The first-order chi connectivity index (χ1) is 12.0. The molecule has 138 valence electrons. The topological polar surface area (TPSA) is 65.0 Å². The number of urea groups is 1. The van der Waals surface area contributed by atoms with Crippen molar-refractivity contribution in [1.29, 1.82) is 0 Å². The van der Waals surface area contributed by atoms with Gasteiger partial charge in [-0.3, -0.25) is 4.90 Å². The second-order valence-electron chi connectivity index (χ2n) is 6.80. The molecule has 2 saturated heterocycles. The summed E-state index contributed by atoms with van der Waals surface area (Å²) >= 11 is 6.10. The van der Waals surface area contributed by atoms with Crippen molar-refractivity contribution in [3.05, 3.63) is 28.8 Å². The Morgan fingerprint density at radius 1 is 1.40 bits per heavy atom. The molecule has 1 aromatic rings. The summed E-state index contributed by atoms with van der Waals surface area (Å²) in [5.74, 6) is 0. The molecule has 2 N–H and O–H groups in total. The monoisotopic (exact) mass is 367 g/mol. The third kappa shape index (κ3) is 4.85. The van der Waals surface area contributed by atoms with Crippen LogP contribution < -0.4 is 5.32 Å². The van der Waals surface area contributed by atoms with E-state index in [1.165, 1.54) is 0 Å². The number of anilines is 1. The Balaban J connectivity index is 1.44. The largest absolute Gasteiger partial charge is 0.389 e. The zero-order chi connectivity index (χ0) is 17.8. The van der Waals surface area contributed by atoms with Gasteiger partial charge < -0.3 is 20.1 Å². The van der Waals surface area contributed by atoms with Gasteiger partial charge in [0.05, 0.1) is 12.2 Å². The van der Waals surface area contributed by atoms with Gasteiger partial charge in [0.15, 0.2) is 0 Å². The lowest BCUT2D eigenvalue weighted by molar-refractivity contribution is -0.0229. The lowest BCUT2D eigenvalue weighted by atomic mass is 10.1. The van der Waals surface area contributed by atoms with Gasteiger partial charge in [0.2, 0.25) is 0 Å². The van der Waals surface area contributed by atoms with Crippen LogP contribution in [0.2, 0.25) is 5.02 Å². The summed E-state index contributed by atoms with van der Waals surface area (Å²) in [6.07, 6.45) is 1.48. The molecule has 0 aromatic heterocycles. The van der Waals surface area contributed by atoms with E-state index in [0.29, 0.717) is 30.3 Å². The fraction of sp³-hybridized carbons (Fsp3) is 0.611. The van der Waals surface area contributed by atoms with Crippen molar-refractivity contribution >= 4 is 23.3 Å². The summed E-state index contributed by atoms with van der Waals surface area (Å²) in [6.45, 7) is 6.08. The molecule has 2 fully saturated rings. The smallest absolute Gasteiger partial charge is 0.321 e. The van der Waals surface area contributed by atoms with Gasteiger partial charge in [0, 0.05) is 50.0 Å². The van der Waals surface area contributed by atoms with Gasteiger partial charge >= 0.3 is 6.03 Å². The van der Waals surface area contributed by atoms with Gasteiger partial charge in [-0.1, -0.05) is 17.7 Å². The van der Waals surface area contributed by atoms with Crippen LogP contribution in [-0.2, 0) is 4.74 Å². The highest BCUT2D eigenvalue weighted by Gasteiger charge is 2.28. The summed E-state index contributed by atoms with van der Waals surface area (Å²) in [4.78, 5) is 16.4. The minimum absolute atomic E-state index is 0.0346. The fourth-order valence-electron chi connectivity index (χ4n) is 3.29. The van der Waals surface area contributed by atoms with Crippen molar-refractivity contribution < 1.29 is 14.6 Å². The number of aliphatic hydroxyl groups is 1. The maximum absolute atomic E-state index is 12.4. The molecule has 0 saturated carbocycles. The number of aryl methyl sites for hydroxylation is 1.